The monoisotopic (exact) mass is 207 g/mol. The van der Waals surface area contributed by atoms with Gasteiger partial charge < -0.3 is 9.69 Å². The van der Waals surface area contributed by atoms with Crippen LogP contribution in [-0.2, 0) is 9.59 Å². The van der Waals surface area contributed by atoms with Crippen molar-refractivity contribution in [2.45, 2.75) is 32.2 Å². The van der Waals surface area contributed by atoms with E-state index in [4.69, 9.17) is 0 Å². The average molecular weight is 207 g/mol. The Bertz CT molecular complexity index is 281. The number of carbonyl (C=O) groups excluding carboxylic acids is 2. The van der Waals surface area contributed by atoms with Crippen LogP contribution < -0.4 is 0 Å². The van der Waals surface area contributed by atoms with Crippen LogP contribution in [0.1, 0.15) is 26.2 Å². The molecule has 1 amide bonds. The lowest BCUT2D eigenvalue weighted by Crippen LogP contribution is -2.32. The van der Waals surface area contributed by atoms with Crippen LogP contribution in [0.4, 0.5) is 0 Å². The number of hydrogen-bond acceptors (Lipinski definition) is 2. The molecule has 0 aliphatic carbocycles. The molecule has 15 heavy (non-hydrogen) atoms. The molecule has 1 saturated heterocycles. The molecule has 0 saturated carbocycles. The SMILES string of the molecule is C/C=C/C=C/[C@@H]1CCC(=O)N1CCC=O. The highest BCUT2D eigenvalue weighted by Gasteiger charge is 2.27. The van der Waals surface area contributed by atoms with Crippen molar-refractivity contribution in [3.05, 3.63) is 24.3 Å². The third kappa shape index (κ3) is 3.35. The number of aldehydes is 1. The molecule has 0 radical (unpaired) electrons. The molecule has 1 aliphatic rings. The fourth-order valence-electron chi connectivity index (χ4n) is 1.74. The molecule has 1 fully saturated rings. The summed E-state index contributed by atoms with van der Waals surface area (Å²) in [6.45, 7) is 2.50. The van der Waals surface area contributed by atoms with Gasteiger partial charge in [-0.05, 0) is 13.3 Å². The second kappa shape index (κ2) is 6.17. The van der Waals surface area contributed by atoms with Crippen LogP contribution in [0.2, 0.25) is 0 Å². The standard InChI is InChI=1S/C12H17NO2/c1-2-3-4-6-11-7-8-12(15)13(11)9-5-10-14/h2-4,6,10-11H,5,7-9H2,1H3/b3-2+,6-4+/t11-/m1/s1. The van der Waals surface area contributed by atoms with Gasteiger partial charge >= 0.3 is 0 Å². The van der Waals surface area contributed by atoms with E-state index in [9.17, 15) is 9.59 Å². The van der Waals surface area contributed by atoms with Gasteiger partial charge in [0.2, 0.25) is 5.91 Å². The molecule has 3 nitrogen and oxygen atoms in total. The van der Waals surface area contributed by atoms with Crippen LogP contribution in [-0.4, -0.2) is 29.7 Å². The maximum absolute atomic E-state index is 11.5. The molecule has 1 atom stereocenters. The Morgan fingerprint density at radius 1 is 1.47 bits per heavy atom. The minimum atomic E-state index is 0.159. The Morgan fingerprint density at radius 2 is 2.27 bits per heavy atom. The highest BCUT2D eigenvalue weighted by molar-refractivity contribution is 5.79. The van der Waals surface area contributed by atoms with Gasteiger partial charge in [-0.15, -0.1) is 0 Å². The second-order valence-corrected chi connectivity index (χ2v) is 3.56. The summed E-state index contributed by atoms with van der Waals surface area (Å²) in [5, 5.41) is 0. The Morgan fingerprint density at radius 3 is 2.93 bits per heavy atom. The summed E-state index contributed by atoms with van der Waals surface area (Å²) < 4.78 is 0. The molecular weight excluding hydrogens is 190 g/mol. The first-order valence-electron chi connectivity index (χ1n) is 5.32. The Hall–Kier alpha value is -1.38. The predicted molar refractivity (Wildman–Crippen MR) is 59.4 cm³/mol. The minimum Gasteiger partial charge on any atom is -0.336 e. The van der Waals surface area contributed by atoms with Gasteiger partial charge in [0.05, 0.1) is 6.04 Å². The number of hydrogen-bond donors (Lipinski definition) is 0. The average Bonchev–Trinajstić information content (AvgIpc) is 2.58. The van der Waals surface area contributed by atoms with Crippen molar-refractivity contribution in [2.75, 3.05) is 6.54 Å². The van der Waals surface area contributed by atoms with Crippen LogP contribution in [0, 0.1) is 0 Å². The molecule has 0 aromatic heterocycles. The van der Waals surface area contributed by atoms with Crippen LogP contribution in [0.5, 0.6) is 0 Å². The normalized spacial score (nSPS) is 22.1. The van der Waals surface area contributed by atoms with E-state index in [0.29, 0.717) is 19.4 Å². The molecule has 0 spiro atoms. The summed E-state index contributed by atoms with van der Waals surface area (Å²) in [4.78, 5) is 23.5. The molecule has 0 aromatic rings. The first-order chi connectivity index (χ1) is 7.29. The van der Waals surface area contributed by atoms with Crippen LogP contribution in [0.25, 0.3) is 0 Å². The summed E-state index contributed by atoms with van der Waals surface area (Å²) in [6, 6.07) is 0.175. The quantitative estimate of drug-likeness (QED) is 0.508. The van der Waals surface area contributed by atoms with E-state index in [-0.39, 0.29) is 11.9 Å². The largest absolute Gasteiger partial charge is 0.336 e. The van der Waals surface area contributed by atoms with Gasteiger partial charge in [-0.1, -0.05) is 24.3 Å². The summed E-state index contributed by atoms with van der Waals surface area (Å²) in [6.07, 6.45) is 10.6. The smallest absolute Gasteiger partial charge is 0.223 e. The van der Waals surface area contributed by atoms with Crippen LogP contribution in [0.3, 0.4) is 0 Å². The lowest BCUT2D eigenvalue weighted by atomic mass is 10.2. The Labute approximate surface area is 90.5 Å². The molecule has 0 unspecified atom stereocenters. The van der Waals surface area contributed by atoms with Crippen molar-refractivity contribution in [3.8, 4) is 0 Å². The number of nitrogens with zero attached hydrogens (tertiary/aromatic N) is 1. The Balaban J connectivity index is 2.54. The van der Waals surface area contributed by atoms with Crippen molar-refractivity contribution < 1.29 is 9.59 Å². The summed E-state index contributed by atoms with van der Waals surface area (Å²) in [5.74, 6) is 0.159. The zero-order chi connectivity index (χ0) is 11.1. The molecule has 0 N–H and O–H groups in total. The molecule has 3 heteroatoms. The maximum atomic E-state index is 11.5. The van der Waals surface area contributed by atoms with E-state index in [1.807, 2.05) is 31.2 Å². The van der Waals surface area contributed by atoms with E-state index < -0.39 is 0 Å². The highest BCUT2D eigenvalue weighted by Crippen LogP contribution is 2.19. The Kier molecular flexibility index (Phi) is 4.81. The van der Waals surface area contributed by atoms with Crippen molar-refractivity contribution in [3.63, 3.8) is 0 Å². The summed E-state index contributed by atoms with van der Waals surface area (Å²) in [7, 11) is 0. The van der Waals surface area contributed by atoms with Gasteiger partial charge in [0.1, 0.15) is 6.29 Å². The van der Waals surface area contributed by atoms with E-state index in [1.165, 1.54) is 0 Å². The van der Waals surface area contributed by atoms with Crippen LogP contribution >= 0.6 is 0 Å². The minimum absolute atomic E-state index is 0.159. The van der Waals surface area contributed by atoms with E-state index in [0.717, 1.165) is 12.7 Å². The van der Waals surface area contributed by atoms with Crippen LogP contribution in [0.15, 0.2) is 24.3 Å². The fraction of sp³-hybridized carbons (Fsp3) is 0.500. The third-order valence-electron chi connectivity index (χ3n) is 2.50. The predicted octanol–water partition coefficient (Wildman–Crippen LogP) is 1.70. The highest BCUT2D eigenvalue weighted by atomic mass is 16.2. The van der Waals surface area contributed by atoms with E-state index in [2.05, 4.69) is 0 Å². The molecule has 1 heterocycles. The topological polar surface area (TPSA) is 37.4 Å². The van der Waals surface area contributed by atoms with Gasteiger partial charge in [0, 0.05) is 19.4 Å². The van der Waals surface area contributed by atoms with E-state index >= 15 is 0 Å². The number of rotatable bonds is 5. The third-order valence-corrected chi connectivity index (χ3v) is 2.50. The summed E-state index contributed by atoms with van der Waals surface area (Å²) in [5.41, 5.74) is 0. The number of allylic oxidation sites excluding steroid dienone is 3. The zero-order valence-corrected chi connectivity index (χ0v) is 9.06. The van der Waals surface area contributed by atoms with Gasteiger partial charge in [-0.2, -0.15) is 0 Å². The molecule has 1 aliphatic heterocycles. The molecule has 0 bridgehead atoms. The van der Waals surface area contributed by atoms with E-state index in [1.54, 1.807) is 4.90 Å². The van der Waals surface area contributed by atoms with Gasteiger partial charge in [-0.3, -0.25) is 4.79 Å². The molecule has 0 aromatic carbocycles. The van der Waals surface area contributed by atoms with Crippen molar-refractivity contribution >= 4 is 12.2 Å². The van der Waals surface area contributed by atoms with Gasteiger partial charge in [0.15, 0.2) is 0 Å². The molecule has 82 valence electrons. The first-order valence-corrected chi connectivity index (χ1v) is 5.32. The fourth-order valence-corrected chi connectivity index (χ4v) is 1.74. The number of carbonyl (C=O) groups is 2. The maximum Gasteiger partial charge on any atom is 0.223 e. The first kappa shape index (κ1) is 11.7. The van der Waals surface area contributed by atoms with Gasteiger partial charge in [-0.25, -0.2) is 0 Å². The number of likely N-dealkylation sites (tertiary alicyclic amines) is 1. The number of amides is 1. The summed E-state index contributed by atoms with van der Waals surface area (Å²) >= 11 is 0. The lowest BCUT2D eigenvalue weighted by Gasteiger charge is -2.20. The molecular formula is C12H17NO2. The van der Waals surface area contributed by atoms with Crippen molar-refractivity contribution in [1.29, 1.82) is 0 Å². The lowest BCUT2D eigenvalue weighted by molar-refractivity contribution is -0.128. The zero-order valence-electron chi connectivity index (χ0n) is 9.06. The second-order valence-electron chi connectivity index (χ2n) is 3.56. The van der Waals surface area contributed by atoms with Crippen molar-refractivity contribution in [1.82, 2.24) is 4.90 Å². The molecule has 1 rings (SSSR count). The van der Waals surface area contributed by atoms with Gasteiger partial charge in [0.25, 0.3) is 0 Å². The van der Waals surface area contributed by atoms with Crippen molar-refractivity contribution in [2.24, 2.45) is 0 Å².